The molecule has 0 aliphatic carbocycles. The Hall–Kier alpha value is -3.22. The average molecular weight is 368 g/mol. The number of carbonyl (C=O) groups is 1. The van der Waals surface area contributed by atoms with Crippen LogP contribution in [0.5, 0.6) is 11.5 Å². The molecule has 0 spiro atoms. The molecule has 1 heterocycles. The van der Waals surface area contributed by atoms with Gasteiger partial charge in [0.2, 0.25) is 0 Å². The molecule has 1 aliphatic heterocycles. The van der Waals surface area contributed by atoms with Crippen molar-refractivity contribution in [1.82, 2.24) is 10.3 Å². The first-order valence-electron chi connectivity index (χ1n) is 8.69. The lowest BCUT2D eigenvalue weighted by Gasteiger charge is -2.22. The highest BCUT2D eigenvalue weighted by Gasteiger charge is 2.28. The molecule has 2 amide bonds. The zero-order valence-corrected chi connectivity index (χ0v) is 15.9. The number of nitrogens with one attached hydrogen (secondary N) is 1. The first-order valence-corrected chi connectivity index (χ1v) is 8.69. The van der Waals surface area contributed by atoms with Crippen LogP contribution in [0.15, 0.2) is 41.5 Å². The summed E-state index contributed by atoms with van der Waals surface area (Å²) in [5, 5.41) is 8.83. The van der Waals surface area contributed by atoms with Crippen LogP contribution in [0.3, 0.4) is 0 Å². The van der Waals surface area contributed by atoms with Crippen molar-refractivity contribution in [2.45, 2.75) is 19.4 Å². The van der Waals surface area contributed by atoms with E-state index in [9.17, 15) is 4.79 Å². The molecule has 0 fully saturated rings. The fraction of sp³-hybridized carbons (Fsp3) is 0.300. The van der Waals surface area contributed by atoms with Crippen LogP contribution in [-0.4, -0.2) is 44.1 Å². The van der Waals surface area contributed by atoms with Crippen molar-refractivity contribution in [3.8, 4) is 11.5 Å². The van der Waals surface area contributed by atoms with Crippen LogP contribution >= 0.6 is 0 Å². The first-order chi connectivity index (χ1) is 13.0. The lowest BCUT2D eigenvalue weighted by atomic mass is 9.94. The fourth-order valence-electron chi connectivity index (χ4n) is 3.19. The van der Waals surface area contributed by atoms with Gasteiger partial charge in [0, 0.05) is 23.9 Å². The summed E-state index contributed by atoms with van der Waals surface area (Å²) in [6.07, 6.45) is 0.630. The van der Waals surface area contributed by atoms with Crippen molar-refractivity contribution in [1.29, 1.82) is 0 Å². The number of ether oxygens (including phenoxy) is 2. The lowest BCUT2D eigenvalue weighted by Crippen LogP contribution is -2.41. The van der Waals surface area contributed by atoms with Crippen molar-refractivity contribution < 1.29 is 14.3 Å². The van der Waals surface area contributed by atoms with E-state index in [1.54, 1.807) is 21.3 Å². The van der Waals surface area contributed by atoms with Gasteiger partial charge in [0.05, 0.1) is 26.0 Å². The van der Waals surface area contributed by atoms with Gasteiger partial charge in [0.25, 0.3) is 0 Å². The fourth-order valence-corrected chi connectivity index (χ4v) is 3.19. The van der Waals surface area contributed by atoms with Gasteiger partial charge < -0.3 is 20.5 Å². The quantitative estimate of drug-likeness (QED) is 0.815. The molecular formula is C20H24N4O3. The number of nitrogens with zero attached hydrogens (tertiary/aromatic N) is 2. The topological polar surface area (TPSA) is 89.2 Å². The molecule has 0 bridgehead atoms. The molecule has 7 nitrogen and oxygen atoms in total. The Kier molecular flexibility index (Phi) is 5.21. The molecule has 0 aromatic heterocycles. The lowest BCUT2D eigenvalue weighted by molar-refractivity contribution is 0.184. The molecule has 2 aromatic carbocycles. The maximum absolute atomic E-state index is 12.4. The summed E-state index contributed by atoms with van der Waals surface area (Å²) < 4.78 is 10.9. The minimum atomic E-state index is -0.262. The summed E-state index contributed by atoms with van der Waals surface area (Å²) in [6.45, 7) is 1.96. The number of amides is 2. The summed E-state index contributed by atoms with van der Waals surface area (Å²) in [5.41, 5.74) is 9.97. The van der Waals surface area contributed by atoms with Gasteiger partial charge in [-0.15, -0.1) is 0 Å². The molecule has 142 valence electrons. The number of anilines is 1. The third kappa shape index (κ3) is 3.53. The normalized spacial score (nSPS) is 16.1. The summed E-state index contributed by atoms with van der Waals surface area (Å²) >= 11 is 0. The van der Waals surface area contributed by atoms with Gasteiger partial charge in [0.1, 0.15) is 0 Å². The zero-order chi connectivity index (χ0) is 19.6. The van der Waals surface area contributed by atoms with Crippen molar-refractivity contribution >= 4 is 17.4 Å². The van der Waals surface area contributed by atoms with Gasteiger partial charge in [-0.25, -0.2) is 9.80 Å². The predicted octanol–water partition coefficient (Wildman–Crippen LogP) is 2.62. The molecule has 1 aliphatic rings. The summed E-state index contributed by atoms with van der Waals surface area (Å²) in [7, 11) is 4.80. The van der Waals surface area contributed by atoms with Crippen LogP contribution in [-0.2, 0) is 6.42 Å². The Labute approximate surface area is 158 Å². The van der Waals surface area contributed by atoms with Crippen molar-refractivity contribution in [2.75, 3.05) is 27.0 Å². The van der Waals surface area contributed by atoms with E-state index in [0.717, 1.165) is 16.7 Å². The number of hydrazone groups is 1. The zero-order valence-electron chi connectivity index (χ0n) is 15.9. The maximum atomic E-state index is 12.4. The van der Waals surface area contributed by atoms with E-state index in [1.807, 2.05) is 43.3 Å². The molecule has 7 heteroatoms. The van der Waals surface area contributed by atoms with E-state index in [1.165, 1.54) is 5.01 Å². The van der Waals surface area contributed by atoms with E-state index < -0.39 is 0 Å². The van der Waals surface area contributed by atoms with Gasteiger partial charge in [-0.05, 0) is 43.2 Å². The number of rotatable bonds is 3. The van der Waals surface area contributed by atoms with E-state index >= 15 is 0 Å². The number of fused-ring (bicyclic) bond motifs is 1. The number of nitrogens with two attached hydrogens (primary N) is 1. The number of hydrogen-bond acceptors (Lipinski definition) is 5. The predicted molar refractivity (Wildman–Crippen MR) is 106 cm³/mol. The minimum Gasteiger partial charge on any atom is -0.493 e. The number of carbonyl (C=O) groups excluding carboxylic acids is 1. The molecule has 0 saturated carbocycles. The smallest absolute Gasteiger partial charge is 0.337 e. The molecular weight excluding hydrogens is 344 g/mol. The highest BCUT2D eigenvalue weighted by molar-refractivity contribution is 6.14. The van der Waals surface area contributed by atoms with Crippen LogP contribution in [0, 0.1) is 0 Å². The highest BCUT2D eigenvalue weighted by atomic mass is 16.5. The SMILES string of the molecule is CNC(=O)N1N=C(c2ccc(N)cc2)c2cc(OC)c(OC)cc2C[C@H]1C. The van der Waals surface area contributed by atoms with Crippen molar-refractivity contribution in [3.05, 3.63) is 53.1 Å². The van der Waals surface area contributed by atoms with Gasteiger partial charge in [0.15, 0.2) is 11.5 Å². The number of urea groups is 1. The molecule has 3 rings (SSSR count). The number of benzene rings is 2. The van der Waals surface area contributed by atoms with E-state index in [2.05, 4.69) is 5.32 Å². The van der Waals surface area contributed by atoms with Crippen LogP contribution < -0.4 is 20.5 Å². The molecule has 0 radical (unpaired) electrons. The monoisotopic (exact) mass is 368 g/mol. The van der Waals surface area contributed by atoms with Crippen LogP contribution in [0.2, 0.25) is 0 Å². The molecule has 0 unspecified atom stereocenters. The van der Waals surface area contributed by atoms with Gasteiger partial charge in [-0.1, -0.05) is 12.1 Å². The van der Waals surface area contributed by atoms with E-state index in [0.29, 0.717) is 29.3 Å². The van der Waals surface area contributed by atoms with Crippen LogP contribution in [0.1, 0.15) is 23.6 Å². The highest BCUT2D eigenvalue weighted by Crippen LogP contribution is 2.34. The molecule has 27 heavy (non-hydrogen) atoms. The molecule has 3 N–H and O–H groups in total. The Morgan fingerprint density at radius 1 is 1.19 bits per heavy atom. The number of nitrogen functional groups attached to an aromatic ring is 1. The second-order valence-electron chi connectivity index (χ2n) is 6.39. The van der Waals surface area contributed by atoms with E-state index in [-0.39, 0.29) is 12.1 Å². The Morgan fingerprint density at radius 2 is 1.81 bits per heavy atom. The Balaban J connectivity index is 2.24. The van der Waals surface area contributed by atoms with Crippen molar-refractivity contribution in [2.24, 2.45) is 5.10 Å². The number of methoxy groups -OCH3 is 2. The van der Waals surface area contributed by atoms with Crippen molar-refractivity contribution in [3.63, 3.8) is 0 Å². The van der Waals surface area contributed by atoms with Crippen LogP contribution in [0.25, 0.3) is 0 Å². The molecule has 0 saturated heterocycles. The second-order valence-corrected chi connectivity index (χ2v) is 6.39. The first kappa shape index (κ1) is 18.6. The Morgan fingerprint density at radius 3 is 2.41 bits per heavy atom. The van der Waals surface area contributed by atoms with Gasteiger partial charge in [-0.3, -0.25) is 0 Å². The standard InChI is InChI=1S/C20H24N4O3/c1-12-9-14-10-17(26-3)18(27-4)11-16(14)19(23-24(12)20(25)22-2)13-5-7-15(21)8-6-13/h5-8,10-12H,9,21H2,1-4H3,(H,22,25)/t12-/m1/s1. The van der Waals surface area contributed by atoms with Crippen LogP contribution in [0.4, 0.5) is 10.5 Å². The molecule has 2 aromatic rings. The largest absolute Gasteiger partial charge is 0.493 e. The molecule has 1 atom stereocenters. The third-order valence-corrected chi connectivity index (χ3v) is 4.61. The summed E-state index contributed by atoms with van der Waals surface area (Å²) in [5.74, 6) is 1.26. The van der Waals surface area contributed by atoms with Gasteiger partial charge >= 0.3 is 6.03 Å². The maximum Gasteiger partial charge on any atom is 0.337 e. The average Bonchev–Trinajstić information content (AvgIpc) is 2.82. The van der Waals surface area contributed by atoms with Gasteiger partial charge in [-0.2, -0.15) is 5.10 Å². The third-order valence-electron chi connectivity index (χ3n) is 4.61. The second kappa shape index (κ2) is 7.57. The number of hydrogen-bond donors (Lipinski definition) is 2. The summed E-state index contributed by atoms with van der Waals surface area (Å²) in [4.78, 5) is 12.4. The Bertz CT molecular complexity index is 878. The van der Waals surface area contributed by atoms with E-state index in [4.69, 9.17) is 20.3 Å². The minimum absolute atomic E-state index is 0.131. The summed E-state index contributed by atoms with van der Waals surface area (Å²) in [6, 6.07) is 10.9.